The van der Waals surface area contributed by atoms with E-state index in [-0.39, 0.29) is 0 Å². The maximum absolute atomic E-state index is 5.39. The van der Waals surface area contributed by atoms with Crippen LogP contribution in [0.2, 0.25) is 0 Å². The third kappa shape index (κ3) is 2.10. The summed E-state index contributed by atoms with van der Waals surface area (Å²) in [5.41, 5.74) is 1.96. The molecule has 0 bridgehead atoms. The van der Waals surface area contributed by atoms with Crippen molar-refractivity contribution in [3.63, 3.8) is 0 Å². The Balaban J connectivity index is 1.55. The zero-order valence-corrected chi connectivity index (χ0v) is 11.6. The van der Waals surface area contributed by atoms with Crippen LogP contribution in [0.4, 0.5) is 0 Å². The van der Waals surface area contributed by atoms with E-state index in [2.05, 4.69) is 26.8 Å². The van der Waals surface area contributed by atoms with Crippen molar-refractivity contribution in [3.8, 4) is 11.5 Å². The number of nitrogens with one attached hydrogen (secondary N) is 1. The predicted molar refractivity (Wildman–Crippen MR) is 75.0 cm³/mol. The van der Waals surface area contributed by atoms with Crippen molar-refractivity contribution in [3.05, 3.63) is 18.0 Å². The van der Waals surface area contributed by atoms with Crippen LogP contribution in [0.1, 0.15) is 5.82 Å². The summed E-state index contributed by atoms with van der Waals surface area (Å²) in [6.07, 6.45) is 0. The monoisotopic (exact) mass is 274 g/mol. The first-order valence-corrected chi connectivity index (χ1v) is 6.97. The van der Waals surface area contributed by atoms with Gasteiger partial charge in [-0.3, -0.25) is 4.90 Å². The lowest BCUT2D eigenvalue weighted by Gasteiger charge is -2.31. The second-order valence-corrected chi connectivity index (χ2v) is 5.49. The largest absolute Gasteiger partial charge is 0.454 e. The number of fused-ring (bicyclic) bond motifs is 2. The van der Waals surface area contributed by atoms with Gasteiger partial charge in [0.25, 0.3) is 0 Å². The molecule has 0 spiro atoms. The summed E-state index contributed by atoms with van der Waals surface area (Å²) in [7, 11) is 2.17. The van der Waals surface area contributed by atoms with E-state index in [0.29, 0.717) is 6.79 Å². The van der Waals surface area contributed by atoms with Crippen LogP contribution in [0.3, 0.4) is 0 Å². The highest BCUT2D eigenvalue weighted by Gasteiger charge is 2.18. The Morgan fingerprint density at radius 3 is 2.70 bits per heavy atom. The van der Waals surface area contributed by atoms with E-state index < -0.39 is 0 Å². The third-order valence-electron chi connectivity index (χ3n) is 3.99. The summed E-state index contributed by atoms with van der Waals surface area (Å²) in [6, 6.07) is 3.92. The fourth-order valence-corrected chi connectivity index (χ4v) is 2.75. The number of ether oxygens (including phenoxy) is 2. The molecule has 3 heterocycles. The van der Waals surface area contributed by atoms with Gasteiger partial charge in [0, 0.05) is 38.3 Å². The molecule has 0 radical (unpaired) electrons. The predicted octanol–water partition coefficient (Wildman–Crippen LogP) is 1.04. The Kier molecular flexibility index (Phi) is 2.78. The Labute approximate surface area is 117 Å². The fourth-order valence-electron chi connectivity index (χ4n) is 2.75. The van der Waals surface area contributed by atoms with Gasteiger partial charge in [-0.05, 0) is 7.05 Å². The average Bonchev–Trinajstić information content (AvgIpc) is 3.03. The number of benzene rings is 1. The van der Waals surface area contributed by atoms with E-state index in [1.165, 1.54) is 0 Å². The Morgan fingerprint density at radius 2 is 1.90 bits per heavy atom. The third-order valence-corrected chi connectivity index (χ3v) is 3.99. The fraction of sp³-hybridized carbons (Fsp3) is 0.500. The standard InChI is InChI=1S/C14H18N4O2/c1-17-2-4-18(5-3-17)8-14-15-10-6-12-13(20-9-19-12)7-11(10)16-14/h6-7H,2-5,8-9H2,1H3,(H,15,16). The second kappa shape index (κ2) is 4.64. The molecule has 2 aliphatic rings. The Hall–Kier alpha value is -1.79. The van der Waals surface area contributed by atoms with Gasteiger partial charge in [-0.15, -0.1) is 0 Å². The molecule has 0 saturated carbocycles. The normalized spacial score (nSPS) is 19.9. The zero-order valence-electron chi connectivity index (χ0n) is 11.6. The second-order valence-electron chi connectivity index (χ2n) is 5.49. The van der Waals surface area contributed by atoms with E-state index in [1.807, 2.05) is 12.1 Å². The molecule has 6 nitrogen and oxygen atoms in total. The molecule has 20 heavy (non-hydrogen) atoms. The van der Waals surface area contributed by atoms with E-state index in [1.54, 1.807) is 0 Å². The molecule has 4 rings (SSSR count). The van der Waals surface area contributed by atoms with Crippen LogP contribution in [0.25, 0.3) is 11.0 Å². The van der Waals surface area contributed by atoms with Crippen molar-refractivity contribution in [2.45, 2.75) is 6.54 Å². The van der Waals surface area contributed by atoms with Crippen LogP contribution in [0, 0.1) is 0 Å². The molecule has 106 valence electrons. The van der Waals surface area contributed by atoms with Crippen LogP contribution in [0.5, 0.6) is 11.5 Å². The Morgan fingerprint density at radius 1 is 1.15 bits per heavy atom. The van der Waals surface area contributed by atoms with Crippen LogP contribution in [-0.4, -0.2) is 59.8 Å². The SMILES string of the molecule is CN1CCN(Cc2nc3cc4c(cc3[nH]2)OCO4)CC1. The van der Waals surface area contributed by atoms with Gasteiger partial charge < -0.3 is 19.4 Å². The molecule has 2 aromatic rings. The van der Waals surface area contributed by atoms with E-state index >= 15 is 0 Å². The molecular formula is C14H18N4O2. The Bertz CT molecular complexity index is 590. The van der Waals surface area contributed by atoms with Crippen LogP contribution in [0.15, 0.2) is 12.1 Å². The average molecular weight is 274 g/mol. The van der Waals surface area contributed by atoms with Crippen molar-refractivity contribution in [2.24, 2.45) is 0 Å². The number of aromatic amines is 1. The number of nitrogens with zero attached hydrogens (tertiary/aromatic N) is 3. The van der Waals surface area contributed by atoms with Crippen molar-refractivity contribution in [1.82, 2.24) is 19.8 Å². The molecule has 1 saturated heterocycles. The molecule has 0 aliphatic carbocycles. The van der Waals surface area contributed by atoms with E-state index in [9.17, 15) is 0 Å². The minimum atomic E-state index is 0.302. The summed E-state index contributed by atoms with van der Waals surface area (Å²) in [4.78, 5) is 12.8. The summed E-state index contributed by atoms with van der Waals surface area (Å²) in [6.45, 7) is 5.60. The summed E-state index contributed by atoms with van der Waals surface area (Å²) in [5, 5.41) is 0. The van der Waals surface area contributed by atoms with E-state index in [4.69, 9.17) is 9.47 Å². The van der Waals surface area contributed by atoms with Gasteiger partial charge >= 0.3 is 0 Å². The lowest BCUT2D eigenvalue weighted by Crippen LogP contribution is -2.44. The van der Waals surface area contributed by atoms with Crippen molar-refractivity contribution >= 4 is 11.0 Å². The van der Waals surface area contributed by atoms with Crippen molar-refractivity contribution < 1.29 is 9.47 Å². The number of piperazine rings is 1. The highest BCUT2D eigenvalue weighted by atomic mass is 16.7. The lowest BCUT2D eigenvalue weighted by molar-refractivity contribution is 0.146. The molecule has 1 fully saturated rings. The first-order valence-electron chi connectivity index (χ1n) is 6.97. The van der Waals surface area contributed by atoms with Gasteiger partial charge in [-0.1, -0.05) is 0 Å². The highest BCUT2D eigenvalue weighted by molar-refractivity contribution is 5.80. The number of aromatic nitrogens is 2. The van der Waals surface area contributed by atoms with Crippen LogP contribution < -0.4 is 9.47 Å². The number of hydrogen-bond donors (Lipinski definition) is 1. The maximum atomic E-state index is 5.39. The lowest BCUT2D eigenvalue weighted by atomic mass is 10.3. The minimum Gasteiger partial charge on any atom is -0.454 e. The number of hydrogen-bond acceptors (Lipinski definition) is 5. The number of imidazole rings is 1. The van der Waals surface area contributed by atoms with Crippen molar-refractivity contribution in [2.75, 3.05) is 40.0 Å². The van der Waals surface area contributed by atoms with Gasteiger partial charge in [-0.25, -0.2) is 4.98 Å². The first-order chi connectivity index (χ1) is 9.78. The molecule has 6 heteroatoms. The first kappa shape index (κ1) is 12.0. The molecule has 0 atom stereocenters. The summed E-state index contributed by atoms with van der Waals surface area (Å²) >= 11 is 0. The van der Waals surface area contributed by atoms with Gasteiger partial charge in [0.1, 0.15) is 5.82 Å². The van der Waals surface area contributed by atoms with Gasteiger partial charge in [-0.2, -0.15) is 0 Å². The molecule has 1 N–H and O–H groups in total. The maximum Gasteiger partial charge on any atom is 0.231 e. The van der Waals surface area contributed by atoms with Crippen LogP contribution in [-0.2, 0) is 6.54 Å². The van der Waals surface area contributed by atoms with Gasteiger partial charge in [0.2, 0.25) is 6.79 Å². The molecule has 1 aromatic heterocycles. The topological polar surface area (TPSA) is 53.6 Å². The number of likely N-dealkylation sites (N-methyl/N-ethyl adjacent to an activating group) is 1. The van der Waals surface area contributed by atoms with Gasteiger partial charge in [0.15, 0.2) is 11.5 Å². The van der Waals surface area contributed by atoms with Gasteiger partial charge in [0.05, 0.1) is 17.6 Å². The smallest absolute Gasteiger partial charge is 0.231 e. The number of H-pyrrole nitrogens is 1. The number of rotatable bonds is 2. The molecule has 1 aromatic carbocycles. The summed E-state index contributed by atoms with van der Waals surface area (Å²) < 4.78 is 10.8. The molecular weight excluding hydrogens is 256 g/mol. The molecule has 2 aliphatic heterocycles. The highest BCUT2D eigenvalue weighted by Crippen LogP contribution is 2.35. The minimum absolute atomic E-state index is 0.302. The van der Waals surface area contributed by atoms with Crippen molar-refractivity contribution in [1.29, 1.82) is 0 Å². The van der Waals surface area contributed by atoms with E-state index in [0.717, 1.165) is 61.1 Å². The molecule has 0 unspecified atom stereocenters. The summed E-state index contributed by atoms with van der Waals surface area (Å²) in [5.74, 6) is 2.59. The zero-order chi connectivity index (χ0) is 13.5. The molecule has 0 amide bonds. The van der Waals surface area contributed by atoms with Crippen LogP contribution >= 0.6 is 0 Å². The quantitative estimate of drug-likeness (QED) is 0.887.